The molecular formula is C14H24N2O3. The number of carbonyl (C=O) groups excluding carboxylic acids is 2. The number of hydrogen-bond acceptors (Lipinski definition) is 3. The van der Waals surface area contributed by atoms with E-state index in [-0.39, 0.29) is 36.3 Å². The van der Waals surface area contributed by atoms with Crippen LogP contribution < -0.4 is 5.32 Å². The van der Waals surface area contributed by atoms with Crippen LogP contribution in [0.15, 0.2) is 0 Å². The molecule has 1 unspecified atom stereocenters. The largest absolute Gasteiger partial charge is 0.394 e. The number of nitrogens with zero attached hydrogens (tertiary/aromatic N) is 1. The Hall–Kier alpha value is -1.10. The molecule has 2 aliphatic rings. The number of carbonyl (C=O) groups is 2. The third-order valence-corrected chi connectivity index (χ3v) is 4.09. The summed E-state index contributed by atoms with van der Waals surface area (Å²) < 4.78 is 0. The maximum absolute atomic E-state index is 12.1. The van der Waals surface area contributed by atoms with E-state index in [1.54, 1.807) is 0 Å². The van der Waals surface area contributed by atoms with E-state index in [0.717, 1.165) is 6.54 Å². The van der Waals surface area contributed by atoms with E-state index in [4.69, 9.17) is 0 Å². The van der Waals surface area contributed by atoms with E-state index >= 15 is 0 Å². The molecule has 1 saturated heterocycles. The Morgan fingerprint density at radius 1 is 1.47 bits per heavy atom. The molecule has 0 bridgehead atoms. The molecule has 1 heterocycles. The zero-order valence-corrected chi connectivity index (χ0v) is 11.8. The van der Waals surface area contributed by atoms with Gasteiger partial charge in [0.15, 0.2) is 0 Å². The van der Waals surface area contributed by atoms with Crippen LogP contribution in [0.25, 0.3) is 0 Å². The van der Waals surface area contributed by atoms with Crippen LogP contribution in [0.5, 0.6) is 0 Å². The van der Waals surface area contributed by atoms with Gasteiger partial charge in [0.05, 0.1) is 18.6 Å². The summed E-state index contributed by atoms with van der Waals surface area (Å²) in [5.41, 5.74) is 0. The monoisotopic (exact) mass is 268 g/mol. The van der Waals surface area contributed by atoms with Gasteiger partial charge in [-0.1, -0.05) is 13.8 Å². The second-order valence-electron chi connectivity index (χ2n) is 6.18. The molecule has 2 rings (SSSR count). The fourth-order valence-corrected chi connectivity index (χ4v) is 2.46. The normalized spacial score (nSPS) is 24.9. The highest BCUT2D eigenvalue weighted by Gasteiger charge is 2.37. The Morgan fingerprint density at radius 3 is 2.68 bits per heavy atom. The predicted molar refractivity (Wildman–Crippen MR) is 71.3 cm³/mol. The number of likely N-dealkylation sites (tertiary alicyclic amines) is 1. The van der Waals surface area contributed by atoms with Gasteiger partial charge in [0.1, 0.15) is 0 Å². The maximum Gasteiger partial charge on any atom is 0.225 e. The smallest absolute Gasteiger partial charge is 0.225 e. The first-order valence-electron chi connectivity index (χ1n) is 7.20. The van der Waals surface area contributed by atoms with E-state index in [1.165, 1.54) is 12.8 Å². The number of amides is 2. The molecule has 19 heavy (non-hydrogen) atoms. The Labute approximate surface area is 114 Å². The number of nitrogens with one attached hydrogen (secondary N) is 1. The summed E-state index contributed by atoms with van der Waals surface area (Å²) in [5, 5.41) is 12.1. The standard InChI is InChI=1S/C14H24N2O3/c1-9(2)12(8-17)15-14(19)11-5-13(18)16(7-11)6-10-3-4-10/h9-12,17H,3-8H2,1-2H3,(H,15,19)/t11?,12-/m1/s1. The van der Waals surface area contributed by atoms with Crippen molar-refractivity contribution in [3.05, 3.63) is 0 Å². The van der Waals surface area contributed by atoms with Crippen molar-refractivity contribution >= 4 is 11.8 Å². The lowest BCUT2D eigenvalue weighted by Gasteiger charge is -2.22. The molecule has 0 radical (unpaired) electrons. The molecule has 2 amide bonds. The van der Waals surface area contributed by atoms with Crippen LogP contribution in [0.1, 0.15) is 33.1 Å². The van der Waals surface area contributed by atoms with Crippen molar-refractivity contribution in [3.63, 3.8) is 0 Å². The van der Waals surface area contributed by atoms with Crippen molar-refractivity contribution in [2.75, 3.05) is 19.7 Å². The van der Waals surface area contributed by atoms with E-state index in [9.17, 15) is 14.7 Å². The quantitative estimate of drug-likeness (QED) is 0.731. The van der Waals surface area contributed by atoms with Crippen molar-refractivity contribution in [1.82, 2.24) is 10.2 Å². The third-order valence-electron chi connectivity index (χ3n) is 4.09. The predicted octanol–water partition coefficient (Wildman–Crippen LogP) is 0.378. The molecule has 0 spiro atoms. The van der Waals surface area contributed by atoms with E-state index in [1.807, 2.05) is 18.7 Å². The molecule has 5 heteroatoms. The number of aliphatic hydroxyl groups excluding tert-OH is 1. The average Bonchev–Trinajstić information content (AvgIpc) is 3.09. The summed E-state index contributed by atoms with van der Waals surface area (Å²) in [6.07, 6.45) is 2.73. The van der Waals surface area contributed by atoms with Crippen LogP contribution in [0.3, 0.4) is 0 Å². The lowest BCUT2D eigenvalue weighted by Crippen LogP contribution is -2.44. The minimum Gasteiger partial charge on any atom is -0.394 e. The summed E-state index contributed by atoms with van der Waals surface area (Å²) in [7, 11) is 0. The van der Waals surface area contributed by atoms with Gasteiger partial charge in [0.25, 0.3) is 0 Å². The molecule has 1 aliphatic heterocycles. The Morgan fingerprint density at radius 2 is 2.16 bits per heavy atom. The minimum absolute atomic E-state index is 0.0597. The Balaban J connectivity index is 1.84. The zero-order chi connectivity index (χ0) is 14.0. The minimum atomic E-state index is -0.251. The summed E-state index contributed by atoms with van der Waals surface area (Å²) >= 11 is 0. The van der Waals surface area contributed by atoms with Gasteiger partial charge < -0.3 is 15.3 Å². The van der Waals surface area contributed by atoms with Gasteiger partial charge in [0, 0.05) is 19.5 Å². The molecule has 1 saturated carbocycles. The number of rotatable bonds is 6. The molecule has 2 fully saturated rings. The molecule has 108 valence electrons. The highest BCUT2D eigenvalue weighted by Crippen LogP contribution is 2.32. The van der Waals surface area contributed by atoms with Crippen molar-refractivity contribution in [1.29, 1.82) is 0 Å². The van der Waals surface area contributed by atoms with Crippen LogP contribution >= 0.6 is 0 Å². The van der Waals surface area contributed by atoms with Gasteiger partial charge in [-0.2, -0.15) is 0 Å². The lowest BCUT2D eigenvalue weighted by molar-refractivity contribution is -0.129. The van der Waals surface area contributed by atoms with Crippen molar-refractivity contribution < 1.29 is 14.7 Å². The summed E-state index contributed by atoms with van der Waals surface area (Å²) in [6, 6.07) is -0.222. The molecule has 2 N–H and O–H groups in total. The highest BCUT2D eigenvalue weighted by molar-refractivity contribution is 5.89. The molecule has 0 aromatic heterocycles. The molecule has 2 atom stereocenters. The van der Waals surface area contributed by atoms with Crippen molar-refractivity contribution in [2.24, 2.45) is 17.8 Å². The van der Waals surface area contributed by atoms with Crippen molar-refractivity contribution in [3.8, 4) is 0 Å². The average molecular weight is 268 g/mol. The first kappa shape index (κ1) is 14.3. The van der Waals surface area contributed by atoms with Gasteiger partial charge in [0.2, 0.25) is 11.8 Å². The second kappa shape index (κ2) is 5.90. The van der Waals surface area contributed by atoms with Gasteiger partial charge in [-0.25, -0.2) is 0 Å². The first-order valence-corrected chi connectivity index (χ1v) is 7.20. The Bertz CT molecular complexity index is 353. The molecular weight excluding hydrogens is 244 g/mol. The van der Waals surface area contributed by atoms with Crippen LogP contribution in [-0.4, -0.2) is 47.6 Å². The molecule has 5 nitrogen and oxygen atoms in total. The summed E-state index contributed by atoms with van der Waals surface area (Å²) in [6.45, 7) is 5.21. The Kier molecular flexibility index (Phi) is 4.45. The maximum atomic E-state index is 12.1. The topological polar surface area (TPSA) is 69.6 Å². The second-order valence-corrected chi connectivity index (χ2v) is 6.18. The molecule has 1 aliphatic carbocycles. The SMILES string of the molecule is CC(C)[C@@H](CO)NC(=O)C1CC(=O)N(CC2CC2)C1. The summed E-state index contributed by atoms with van der Waals surface area (Å²) in [4.78, 5) is 25.8. The van der Waals surface area contributed by atoms with E-state index in [2.05, 4.69) is 5.32 Å². The van der Waals surface area contributed by atoms with Crippen LogP contribution in [0.4, 0.5) is 0 Å². The van der Waals surface area contributed by atoms with Crippen LogP contribution in [-0.2, 0) is 9.59 Å². The number of hydrogen-bond donors (Lipinski definition) is 2. The molecule has 0 aromatic carbocycles. The summed E-state index contributed by atoms with van der Waals surface area (Å²) in [5.74, 6) is 0.593. The fourth-order valence-electron chi connectivity index (χ4n) is 2.46. The first-order chi connectivity index (χ1) is 9.01. The highest BCUT2D eigenvalue weighted by atomic mass is 16.3. The fraction of sp³-hybridized carbons (Fsp3) is 0.857. The molecule has 0 aromatic rings. The number of aliphatic hydroxyl groups is 1. The lowest BCUT2D eigenvalue weighted by atomic mass is 10.0. The van der Waals surface area contributed by atoms with E-state index < -0.39 is 0 Å². The van der Waals surface area contributed by atoms with Gasteiger partial charge in [-0.05, 0) is 24.7 Å². The van der Waals surface area contributed by atoms with E-state index in [0.29, 0.717) is 18.9 Å². The third kappa shape index (κ3) is 3.69. The van der Waals surface area contributed by atoms with Crippen LogP contribution in [0, 0.1) is 17.8 Å². The van der Waals surface area contributed by atoms with Crippen molar-refractivity contribution in [2.45, 2.75) is 39.2 Å². The van der Waals surface area contributed by atoms with Gasteiger partial charge >= 0.3 is 0 Å². The van der Waals surface area contributed by atoms with Crippen LogP contribution in [0.2, 0.25) is 0 Å². The van der Waals surface area contributed by atoms with Gasteiger partial charge in [-0.3, -0.25) is 9.59 Å². The zero-order valence-electron chi connectivity index (χ0n) is 11.8. The van der Waals surface area contributed by atoms with Gasteiger partial charge in [-0.15, -0.1) is 0 Å².